The zero-order valence-corrected chi connectivity index (χ0v) is 19.9. The highest BCUT2D eigenvalue weighted by Crippen LogP contribution is 2.17. The number of sulfonamides is 1. The van der Waals surface area contributed by atoms with Gasteiger partial charge in [0.2, 0.25) is 10.0 Å². The van der Waals surface area contributed by atoms with Gasteiger partial charge in [0.15, 0.2) is 9.84 Å². The van der Waals surface area contributed by atoms with Gasteiger partial charge in [-0.15, -0.1) is 0 Å². The van der Waals surface area contributed by atoms with Crippen LogP contribution in [0.15, 0.2) is 59.5 Å². The van der Waals surface area contributed by atoms with Crippen molar-refractivity contribution in [3.05, 3.63) is 54.6 Å². The van der Waals surface area contributed by atoms with Crippen molar-refractivity contribution >= 4 is 25.5 Å². The minimum Gasteiger partial charge on any atom is -0.493 e. The average molecular weight is 482 g/mol. The Bertz CT molecular complexity index is 1050. The summed E-state index contributed by atoms with van der Waals surface area (Å²) in [6.45, 7) is 6.21. The van der Waals surface area contributed by atoms with Gasteiger partial charge in [-0.3, -0.25) is 4.90 Å². The number of nitrogens with one attached hydrogen (secondary N) is 1. The Labute approximate surface area is 191 Å². The van der Waals surface area contributed by atoms with Crippen molar-refractivity contribution < 1.29 is 21.6 Å². The van der Waals surface area contributed by atoms with Crippen LogP contribution in [-0.4, -0.2) is 79.1 Å². The summed E-state index contributed by atoms with van der Waals surface area (Å²) in [4.78, 5) is 4.74. The molecule has 0 saturated carbocycles. The Balaban J connectivity index is 1.41. The number of hydrogen-bond donors (Lipinski definition) is 1. The molecule has 0 bridgehead atoms. The lowest BCUT2D eigenvalue weighted by Crippen LogP contribution is -2.48. The monoisotopic (exact) mass is 481 g/mol. The molecule has 32 heavy (non-hydrogen) atoms. The smallest absolute Gasteiger partial charge is 0.240 e. The number of para-hydroxylation sites is 1. The fraction of sp³-hybridized carbons (Fsp3) is 0.455. The maximum Gasteiger partial charge on any atom is 0.240 e. The SMILES string of the molecule is CCS(=O)(=O)CCOc1ccc(S(=O)(=O)NCCN2CCN(c3ccccc3)CC2)cc1. The van der Waals surface area contributed by atoms with E-state index in [1.54, 1.807) is 6.92 Å². The Morgan fingerprint density at radius 2 is 1.56 bits per heavy atom. The molecule has 0 unspecified atom stereocenters. The molecule has 0 spiro atoms. The zero-order valence-electron chi connectivity index (χ0n) is 18.3. The summed E-state index contributed by atoms with van der Waals surface area (Å²) in [5.41, 5.74) is 1.22. The van der Waals surface area contributed by atoms with E-state index < -0.39 is 19.9 Å². The third kappa shape index (κ3) is 7.19. The van der Waals surface area contributed by atoms with E-state index in [-0.39, 0.29) is 23.0 Å². The number of rotatable bonds is 11. The molecule has 0 aromatic heterocycles. The van der Waals surface area contributed by atoms with E-state index in [0.717, 1.165) is 26.2 Å². The van der Waals surface area contributed by atoms with Crippen LogP contribution in [0.3, 0.4) is 0 Å². The van der Waals surface area contributed by atoms with Crippen LogP contribution < -0.4 is 14.4 Å². The van der Waals surface area contributed by atoms with Gasteiger partial charge < -0.3 is 9.64 Å². The molecule has 1 aliphatic rings. The first kappa shape index (κ1) is 24.5. The lowest BCUT2D eigenvalue weighted by molar-refractivity contribution is 0.262. The molecule has 8 nitrogen and oxygen atoms in total. The van der Waals surface area contributed by atoms with E-state index in [1.807, 2.05) is 18.2 Å². The van der Waals surface area contributed by atoms with E-state index in [2.05, 4.69) is 26.7 Å². The summed E-state index contributed by atoms with van der Waals surface area (Å²) in [6.07, 6.45) is 0. The minimum absolute atomic E-state index is 0.0397. The van der Waals surface area contributed by atoms with Crippen LogP contribution in [-0.2, 0) is 19.9 Å². The molecule has 1 aliphatic heterocycles. The molecule has 1 saturated heterocycles. The van der Waals surface area contributed by atoms with Gasteiger partial charge in [0.1, 0.15) is 12.4 Å². The second-order valence-corrected chi connectivity index (χ2v) is 11.9. The quantitative estimate of drug-likeness (QED) is 0.521. The van der Waals surface area contributed by atoms with Crippen LogP contribution in [0.2, 0.25) is 0 Å². The molecular formula is C22H31N3O5S2. The summed E-state index contributed by atoms with van der Waals surface area (Å²) in [6, 6.07) is 16.3. The lowest BCUT2D eigenvalue weighted by atomic mass is 10.2. The van der Waals surface area contributed by atoms with Crippen LogP contribution in [0, 0.1) is 0 Å². The van der Waals surface area contributed by atoms with Gasteiger partial charge in [-0.2, -0.15) is 0 Å². The molecule has 3 rings (SSSR count). The van der Waals surface area contributed by atoms with Gasteiger partial charge in [0.05, 0.1) is 10.6 Å². The Morgan fingerprint density at radius 1 is 0.906 bits per heavy atom. The predicted molar refractivity (Wildman–Crippen MR) is 127 cm³/mol. The topological polar surface area (TPSA) is 96.0 Å². The second kappa shape index (κ2) is 11.1. The normalized spacial score (nSPS) is 15.6. The molecule has 1 fully saturated rings. The molecule has 10 heteroatoms. The van der Waals surface area contributed by atoms with Crippen LogP contribution >= 0.6 is 0 Å². The fourth-order valence-corrected chi connectivity index (χ4v) is 5.08. The van der Waals surface area contributed by atoms with Crippen LogP contribution in [0.5, 0.6) is 5.75 Å². The Hall–Kier alpha value is -2.14. The maximum absolute atomic E-state index is 12.5. The Morgan fingerprint density at radius 3 is 2.19 bits per heavy atom. The van der Waals surface area contributed by atoms with Gasteiger partial charge in [-0.1, -0.05) is 25.1 Å². The van der Waals surface area contributed by atoms with Crippen LogP contribution in [0.4, 0.5) is 5.69 Å². The maximum atomic E-state index is 12.5. The number of anilines is 1. The molecule has 176 valence electrons. The first-order valence-corrected chi connectivity index (χ1v) is 14.0. The number of nitrogens with zero attached hydrogens (tertiary/aromatic N) is 2. The molecule has 2 aromatic rings. The molecule has 2 aromatic carbocycles. The van der Waals surface area contributed by atoms with Crippen molar-refractivity contribution in [3.63, 3.8) is 0 Å². The third-order valence-corrected chi connectivity index (χ3v) is 8.60. The van der Waals surface area contributed by atoms with E-state index >= 15 is 0 Å². The van der Waals surface area contributed by atoms with Crippen molar-refractivity contribution in [1.82, 2.24) is 9.62 Å². The predicted octanol–water partition coefficient (Wildman–Crippen LogP) is 1.60. The summed E-state index contributed by atoms with van der Waals surface area (Å²) in [7, 11) is -6.71. The van der Waals surface area contributed by atoms with E-state index in [0.29, 0.717) is 18.8 Å². The molecular weight excluding hydrogens is 450 g/mol. The van der Waals surface area contributed by atoms with Gasteiger partial charge in [0, 0.05) is 50.7 Å². The minimum atomic E-state index is -3.62. The number of ether oxygens (including phenoxy) is 1. The number of hydrogen-bond acceptors (Lipinski definition) is 7. The average Bonchev–Trinajstić information content (AvgIpc) is 2.80. The fourth-order valence-electron chi connectivity index (χ4n) is 3.44. The highest BCUT2D eigenvalue weighted by molar-refractivity contribution is 7.91. The summed E-state index contributed by atoms with van der Waals surface area (Å²) >= 11 is 0. The van der Waals surface area contributed by atoms with Crippen LogP contribution in [0.25, 0.3) is 0 Å². The van der Waals surface area contributed by atoms with Gasteiger partial charge in [-0.05, 0) is 36.4 Å². The van der Waals surface area contributed by atoms with Crippen LogP contribution in [0.1, 0.15) is 6.92 Å². The summed E-state index contributed by atoms with van der Waals surface area (Å²) in [5.74, 6) is 0.443. The third-order valence-electron chi connectivity index (χ3n) is 5.45. The van der Waals surface area contributed by atoms with Crippen molar-refractivity contribution in [2.45, 2.75) is 11.8 Å². The van der Waals surface area contributed by atoms with E-state index in [9.17, 15) is 16.8 Å². The number of piperazine rings is 1. The second-order valence-electron chi connectivity index (χ2n) is 7.62. The standard InChI is InChI=1S/C22H31N3O5S2/c1-2-31(26,27)19-18-30-21-8-10-22(11-9-21)32(28,29)23-12-13-24-14-16-25(17-15-24)20-6-4-3-5-7-20/h3-11,23H,2,12-19H2,1H3. The van der Waals surface area contributed by atoms with Gasteiger partial charge >= 0.3 is 0 Å². The number of benzene rings is 2. The van der Waals surface area contributed by atoms with Crippen molar-refractivity contribution in [1.29, 1.82) is 0 Å². The highest BCUT2D eigenvalue weighted by atomic mass is 32.2. The molecule has 0 radical (unpaired) electrons. The first-order chi connectivity index (χ1) is 15.3. The summed E-state index contributed by atoms with van der Waals surface area (Å²) in [5, 5.41) is 0. The first-order valence-electron chi connectivity index (χ1n) is 10.7. The van der Waals surface area contributed by atoms with Gasteiger partial charge in [-0.25, -0.2) is 21.6 Å². The lowest BCUT2D eigenvalue weighted by Gasteiger charge is -2.36. The van der Waals surface area contributed by atoms with E-state index in [1.165, 1.54) is 30.0 Å². The van der Waals surface area contributed by atoms with E-state index in [4.69, 9.17) is 4.74 Å². The Kier molecular flexibility index (Phi) is 8.52. The van der Waals surface area contributed by atoms with Crippen molar-refractivity contribution in [2.24, 2.45) is 0 Å². The molecule has 0 atom stereocenters. The largest absolute Gasteiger partial charge is 0.493 e. The molecule has 1 heterocycles. The van der Waals surface area contributed by atoms with Crippen molar-refractivity contribution in [3.8, 4) is 5.75 Å². The zero-order chi connectivity index (χ0) is 23.0. The summed E-state index contributed by atoms with van der Waals surface area (Å²) < 4.78 is 56.2. The molecule has 0 aliphatic carbocycles. The molecule has 1 N–H and O–H groups in total. The number of sulfone groups is 1. The highest BCUT2D eigenvalue weighted by Gasteiger charge is 2.18. The van der Waals surface area contributed by atoms with Gasteiger partial charge in [0.25, 0.3) is 0 Å². The van der Waals surface area contributed by atoms with Crippen molar-refractivity contribution in [2.75, 3.05) is 62.3 Å². The molecule has 0 amide bonds.